The van der Waals surface area contributed by atoms with Gasteiger partial charge in [-0.2, -0.15) is 11.8 Å². The van der Waals surface area contributed by atoms with Gasteiger partial charge in [-0.1, -0.05) is 12.8 Å². The van der Waals surface area contributed by atoms with Crippen molar-refractivity contribution in [2.45, 2.75) is 25.7 Å². The van der Waals surface area contributed by atoms with E-state index in [-0.39, 0.29) is 15.8 Å². The van der Waals surface area contributed by atoms with Crippen LogP contribution in [0.15, 0.2) is 16.6 Å². The van der Waals surface area contributed by atoms with Gasteiger partial charge in [-0.15, -0.1) is 0 Å². The van der Waals surface area contributed by atoms with E-state index in [1.165, 1.54) is 12.5 Å². The van der Waals surface area contributed by atoms with Crippen molar-refractivity contribution >= 4 is 39.1 Å². The standard InChI is InChI=1S/C13H18BrFN2O2S/c1-20-7-5-3-2-4-6-16-12-9-11(15)10(14)8-13(12)17(18)19/h8-9,16H,2-7H2,1H3. The normalized spacial score (nSPS) is 10.6. The van der Waals surface area contributed by atoms with Gasteiger partial charge in [0.25, 0.3) is 5.69 Å². The predicted octanol–water partition coefficient (Wildman–Crippen LogP) is 4.83. The smallest absolute Gasteiger partial charge is 0.293 e. The molecular weight excluding hydrogens is 347 g/mol. The minimum Gasteiger partial charge on any atom is -0.379 e. The zero-order chi connectivity index (χ0) is 15.0. The van der Waals surface area contributed by atoms with E-state index < -0.39 is 10.7 Å². The Morgan fingerprint density at radius 3 is 2.70 bits per heavy atom. The van der Waals surface area contributed by atoms with Crippen molar-refractivity contribution in [2.75, 3.05) is 23.9 Å². The zero-order valence-electron chi connectivity index (χ0n) is 11.3. The Balaban J connectivity index is 2.47. The Hall–Kier alpha value is -0.820. The lowest BCUT2D eigenvalue weighted by atomic mass is 10.2. The van der Waals surface area contributed by atoms with Crippen LogP contribution in [0.2, 0.25) is 0 Å². The highest BCUT2D eigenvalue weighted by atomic mass is 79.9. The number of rotatable bonds is 9. The van der Waals surface area contributed by atoms with Crippen LogP contribution in [-0.2, 0) is 0 Å². The van der Waals surface area contributed by atoms with E-state index in [1.54, 1.807) is 0 Å². The molecule has 0 saturated carbocycles. The Kier molecular flexibility index (Phi) is 7.91. The third-order valence-electron chi connectivity index (χ3n) is 2.83. The number of nitro benzene ring substituents is 1. The molecule has 1 N–H and O–H groups in total. The molecule has 0 aliphatic carbocycles. The molecule has 0 aliphatic heterocycles. The van der Waals surface area contributed by atoms with Gasteiger partial charge in [-0.3, -0.25) is 10.1 Å². The van der Waals surface area contributed by atoms with Crippen LogP contribution in [0, 0.1) is 15.9 Å². The average molecular weight is 365 g/mol. The summed E-state index contributed by atoms with van der Waals surface area (Å²) in [6, 6.07) is 2.35. The second kappa shape index (κ2) is 9.18. The monoisotopic (exact) mass is 364 g/mol. The third kappa shape index (κ3) is 5.66. The maximum Gasteiger partial charge on any atom is 0.293 e. The second-order valence-corrected chi connectivity index (χ2v) is 6.21. The van der Waals surface area contributed by atoms with Gasteiger partial charge in [-0.25, -0.2) is 4.39 Å². The van der Waals surface area contributed by atoms with E-state index in [2.05, 4.69) is 27.5 Å². The van der Waals surface area contributed by atoms with Crippen LogP contribution >= 0.6 is 27.7 Å². The summed E-state index contributed by atoms with van der Waals surface area (Å²) in [5, 5.41) is 13.9. The first-order valence-corrected chi connectivity index (χ1v) is 8.61. The second-order valence-electron chi connectivity index (χ2n) is 4.37. The highest BCUT2D eigenvalue weighted by Crippen LogP contribution is 2.30. The Bertz CT molecular complexity index is 460. The molecule has 0 fully saturated rings. The number of hydrogen-bond acceptors (Lipinski definition) is 4. The summed E-state index contributed by atoms with van der Waals surface area (Å²) in [7, 11) is 0. The van der Waals surface area contributed by atoms with Gasteiger partial charge in [0.1, 0.15) is 11.5 Å². The number of unbranched alkanes of at least 4 members (excludes halogenated alkanes) is 3. The first kappa shape index (κ1) is 17.2. The molecule has 20 heavy (non-hydrogen) atoms. The molecule has 4 nitrogen and oxygen atoms in total. The Morgan fingerprint density at radius 2 is 2.05 bits per heavy atom. The van der Waals surface area contributed by atoms with E-state index in [1.807, 2.05) is 11.8 Å². The van der Waals surface area contributed by atoms with Gasteiger partial charge in [0.2, 0.25) is 0 Å². The van der Waals surface area contributed by atoms with Crippen molar-refractivity contribution in [3.8, 4) is 0 Å². The minimum absolute atomic E-state index is 0.104. The SMILES string of the molecule is CSCCCCCCNc1cc(F)c(Br)cc1[N+](=O)[O-]. The average Bonchev–Trinajstić information content (AvgIpc) is 2.41. The molecular formula is C13H18BrFN2O2S. The topological polar surface area (TPSA) is 55.2 Å². The molecule has 0 bridgehead atoms. The molecule has 0 unspecified atom stereocenters. The van der Waals surface area contributed by atoms with Crippen LogP contribution in [0.1, 0.15) is 25.7 Å². The number of halogens is 2. The molecule has 0 radical (unpaired) electrons. The number of thioether (sulfide) groups is 1. The van der Waals surface area contributed by atoms with Crippen LogP contribution in [0.3, 0.4) is 0 Å². The number of hydrogen-bond donors (Lipinski definition) is 1. The number of nitrogens with one attached hydrogen (secondary N) is 1. The Morgan fingerprint density at radius 1 is 1.35 bits per heavy atom. The fourth-order valence-corrected chi connectivity index (χ4v) is 2.60. The fraction of sp³-hybridized carbons (Fsp3) is 0.538. The maximum absolute atomic E-state index is 13.4. The fourth-order valence-electron chi connectivity index (χ4n) is 1.78. The van der Waals surface area contributed by atoms with Crippen molar-refractivity contribution in [3.63, 3.8) is 0 Å². The first-order valence-electron chi connectivity index (χ1n) is 6.42. The summed E-state index contributed by atoms with van der Waals surface area (Å²) >= 11 is 4.79. The highest BCUT2D eigenvalue weighted by molar-refractivity contribution is 9.10. The largest absolute Gasteiger partial charge is 0.379 e. The lowest BCUT2D eigenvalue weighted by Crippen LogP contribution is -2.05. The van der Waals surface area contributed by atoms with Crippen molar-refractivity contribution in [2.24, 2.45) is 0 Å². The summed E-state index contributed by atoms with van der Waals surface area (Å²) in [5.41, 5.74) is 0.125. The molecule has 0 heterocycles. The van der Waals surface area contributed by atoms with Crippen molar-refractivity contribution in [3.05, 3.63) is 32.5 Å². The summed E-state index contributed by atoms with van der Waals surface area (Å²) in [6.07, 6.45) is 6.42. The highest BCUT2D eigenvalue weighted by Gasteiger charge is 2.16. The minimum atomic E-state index is -0.509. The quantitative estimate of drug-likeness (QED) is 0.387. The van der Waals surface area contributed by atoms with Gasteiger partial charge >= 0.3 is 0 Å². The molecule has 0 aromatic heterocycles. The molecule has 1 aromatic rings. The van der Waals surface area contributed by atoms with E-state index in [9.17, 15) is 14.5 Å². The molecule has 1 aromatic carbocycles. The van der Waals surface area contributed by atoms with Crippen LogP contribution < -0.4 is 5.32 Å². The number of benzene rings is 1. The predicted molar refractivity (Wildman–Crippen MR) is 86.1 cm³/mol. The zero-order valence-corrected chi connectivity index (χ0v) is 13.7. The molecule has 7 heteroatoms. The number of nitrogens with zero attached hydrogens (tertiary/aromatic N) is 1. The van der Waals surface area contributed by atoms with Gasteiger partial charge < -0.3 is 5.32 Å². The molecule has 0 saturated heterocycles. The summed E-state index contributed by atoms with van der Waals surface area (Å²) in [6.45, 7) is 0.612. The first-order chi connectivity index (χ1) is 9.56. The van der Waals surface area contributed by atoms with E-state index in [0.29, 0.717) is 6.54 Å². The van der Waals surface area contributed by atoms with Crippen LogP contribution in [0.4, 0.5) is 15.8 Å². The summed E-state index contributed by atoms with van der Waals surface area (Å²) in [5.74, 6) is 0.662. The van der Waals surface area contributed by atoms with Gasteiger partial charge in [0, 0.05) is 18.7 Å². The molecule has 112 valence electrons. The summed E-state index contributed by atoms with van der Waals surface area (Å²) in [4.78, 5) is 10.4. The van der Waals surface area contributed by atoms with Gasteiger partial charge in [0.15, 0.2) is 0 Å². The van der Waals surface area contributed by atoms with Crippen molar-refractivity contribution in [1.29, 1.82) is 0 Å². The maximum atomic E-state index is 13.4. The van der Waals surface area contributed by atoms with Crippen LogP contribution in [0.5, 0.6) is 0 Å². The van der Waals surface area contributed by atoms with Gasteiger partial charge in [-0.05, 0) is 40.8 Å². The number of anilines is 1. The molecule has 0 aliphatic rings. The van der Waals surface area contributed by atoms with Crippen LogP contribution in [-0.4, -0.2) is 23.5 Å². The third-order valence-corrected chi connectivity index (χ3v) is 4.13. The molecule has 0 atom stereocenters. The van der Waals surface area contributed by atoms with Crippen molar-refractivity contribution < 1.29 is 9.31 Å². The summed E-state index contributed by atoms with van der Waals surface area (Å²) < 4.78 is 13.5. The number of nitro groups is 1. The molecule has 0 spiro atoms. The lowest BCUT2D eigenvalue weighted by Gasteiger charge is -2.08. The molecule has 1 rings (SSSR count). The van der Waals surface area contributed by atoms with E-state index in [4.69, 9.17) is 0 Å². The molecule has 0 amide bonds. The van der Waals surface area contributed by atoms with Crippen LogP contribution in [0.25, 0.3) is 0 Å². The lowest BCUT2D eigenvalue weighted by molar-refractivity contribution is -0.384. The van der Waals surface area contributed by atoms with Crippen molar-refractivity contribution in [1.82, 2.24) is 0 Å². The Labute approximate surface area is 130 Å². The van der Waals surface area contributed by atoms with E-state index in [0.717, 1.165) is 31.1 Å². The van der Waals surface area contributed by atoms with E-state index >= 15 is 0 Å². The van der Waals surface area contributed by atoms with Gasteiger partial charge in [0.05, 0.1) is 9.40 Å².